The Morgan fingerprint density at radius 1 is 1.63 bits per heavy atom. The van der Waals surface area contributed by atoms with Gasteiger partial charge in [0.25, 0.3) is 0 Å². The van der Waals surface area contributed by atoms with Crippen LogP contribution in [0.25, 0.3) is 0 Å². The molecule has 0 aromatic carbocycles. The molecule has 2 aliphatic heterocycles. The van der Waals surface area contributed by atoms with Gasteiger partial charge in [0.2, 0.25) is 5.91 Å². The molecule has 3 rings (SSSR count). The number of amides is 1. The zero-order valence-corrected chi connectivity index (χ0v) is 11.5. The highest BCUT2D eigenvalue weighted by Crippen LogP contribution is 2.56. The second kappa shape index (κ2) is 3.85. The number of ether oxygens (including phenoxy) is 1. The van der Waals surface area contributed by atoms with Gasteiger partial charge in [0.1, 0.15) is 11.4 Å². The van der Waals surface area contributed by atoms with Crippen molar-refractivity contribution in [2.24, 2.45) is 11.8 Å². The zero-order chi connectivity index (χ0) is 13.8. The lowest BCUT2D eigenvalue weighted by Crippen LogP contribution is -2.75. The van der Waals surface area contributed by atoms with Gasteiger partial charge in [-0.15, -0.1) is 0 Å². The Labute approximate surface area is 113 Å². The fourth-order valence-corrected chi connectivity index (χ4v) is 3.78. The van der Waals surface area contributed by atoms with Gasteiger partial charge in [-0.25, -0.2) is 0 Å². The Balaban J connectivity index is 1.97. The van der Waals surface area contributed by atoms with Crippen LogP contribution in [0.5, 0.6) is 0 Å². The topological polar surface area (TPSA) is 58.6 Å². The van der Waals surface area contributed by atoms with E-state index < -0.39 is 17.2 Å². The molecule has 19 heavy (non-hydrogen) atoms. The van der Waals surface area contributed by atoms with Crippen LogP contribution in [0.3, 0.4) is 0 Å². The second-order valence-electron chi connectivity index (χ2n) is 6.12. The van der Waals surface area contributed by atoms with Crippen LogP contribution < -0.4 is 5.32 Å². The van der Waals surface area contributed by atoms with Gasteiger partial charge in [0.05, 0.1) is 12.0 Å². The third-order valence-corrected chi connectivity index (χ3v) is 5.24. The normalized spacial score (nSPS) is 46.1. The molecule has 2 fully saturated rings. The molecule has 2 N–H and O–H groups in total. The van der Waals surface area contributed by atoms with Crippen LogP contribution in [0.1, 0.15) is 33.1 Å². The van der Waals surface area contributed by atoms with Crippen LogP contribution >= 0.6 is 0 Å². The molecule has 0 unspecified atom stereocenters. The number of fused-ring (bicyclic) bond motifs is 1. The standard InChI is InChI=1S/C15H21NO3/c1-9-13(18)16-15(10(2)19-14(9,15)3)12(17)11-7-5-4-6-8-11/h5,7,9,11-12,17H,2,4,6,8H2,1,3H3,(H,16,18)/t9-,11-,12+,14+,15-/m1/s1. The minimum Gasteiger partial charge on any atom is -0.486 e. The van der Waals surface area contributed by atoms with E-state index in [1.807, 2.05) is 13.8 Å². The van der Waals surface area contributed by atoms with Crippen molar-refractivity contribution in [1.29, 1.82) is 0 Å². The molecule has 2 heterocycles. The number of rotatable bonds is 2. The second-order valence-corrected chi connectivity index (χ2v) is 6.12. The fraction of sp³-hybridized carbons (Fsp3) is 0.667. The molecular weight excluding hydrogens is 242 g/mol. The minimum absolute atomic E-state index is 0.0549. The van der Waals surface area contributed by atoms with Crippen molar-refractivity contribution in [1.82, 2.24) is 5.32 Å². The number of allylic oxidation sites excluding steroid dienone is 1. The molecule has 1 amide bonds. The summed E-state index contributed by atoms with van der Waals surface area (Å²) in [6.45, 7) is 7.61. The zero-order valence-electron chi connectivity index (χ0n) is 11.5. The largest absolute Gasteiger partial charge is 0.486 e. The average molecular weight is 263 g/mol. The van der Waals surface area contributed by atoms with E-state index in [2.05, 4.69) is 24.0 Å². The predicted octanol–water partition coefficient (Wildman–Crippen LogP) is 1.51. The number of aliphatic hydroxyl groups is 1. The van der Waals surface area contributed by atoms with E-state index in [-0.39, 0.29) is 17.7 Å². The lowest BCUT2D eigenvalue weighted by atomic mass is 9.64. The van der Waals surface area contributed by atoms with E-state index in [0.29, 0.717) is 5.76 Å². The summed E-state index contributed by atoms with van der Waals surface area (Å²) in [5.74, 6) is 0.193. The maximum atomic E-state index is 12.0. The van der Waals surface area contributed by atoms with Crippen molar-refractivity contribution in [2.45, 2.75) is 50.4 Å². The van der Waals surface area contributed by atoms with Crippen LogP contribution in [0.2, 0.25) is 0 Å². The van der Waals surface area contributed by atoms with Crippen molar-refractivity contribution in [3.05, 3.63) is 24.5 Å². The van der Waals surface area contributed by atoms with E-state index >= 15 is 0 Å². The van der Waals surface area contributed by atoms with Gasteiger partial charge < -0.3 is 15.2 Å². The highest BCUT2D eigenvalue weighted by Gasteiger charge is 2.75. The van der Waals surface area contributed by atoms with Crippen molar-refractivity contribution in [2.75, 3.05) is 0 Å². The summed E-state index contributed by atoms with van der Waals surface area (Å²) in [7, 11) is 0. The van der Waals surface area contributed by atoms with Gasteiger partial charge in [-0.1, -0.05) is 18.7 Å². The maximum absolute atomic E-state index is 12.0. The van der Waals surface area contributed by atoms with Crippen LogP contribution in [-0.2, 0) is 9.53 Å². The van der Waals surface area contributed by atoms with E-state index in [1.165, 1.54) is 0 Å². The fourth-order valence-electron chi connectivity index (χ4n) is 3.78. The van der Waals surface area contributed by atoms with Crippen LogP contribution in [0, 0.1) is 11.8 Å². The lowest BCUT2D eigenvalue weighted by Gasteiger charge is -2.58. The molecule has 1 aliphatic carbocycles. The number of hydrogen-bond donors (Lipinski definition) is 2. The molecule has 4 nitrogen and oxygen atoms in total. The van der Waals surface area contributed by atoms with E-state index in [0.717, 1.165) is 19.3 Å². The average Bonchev–Trinajstić information content (AvgIpc) is 2.57. The van der Waals surface area contributed by atoms with Gasteiger partial charge in [0, 0.05) is 5.92 Å². The first-order chi connectivity index (χ1) is 8.93. The lowest BCUT2D eigenvalue weighted by molar-refractivity contribution is -0.199. The first-order valence-corrected chi connectivity index (χ1v) is 6.98. The highest BCUT2D eigenvalue weighted by atomic mass is 16.5. The molecule has 0 aromatic rings. The van der Waals surface area contributed by atoms with Gasteiger partial charge in [-0.2, -0.15) is 0 Å². The Morgan fingerprint density at radius 2 is 2.37 bits per heavy atom. The van der Waals surface area contributed by atoms with Crippen molar-refractivity contribution >= 4 is 5.91 Å². The Bertz CT molecular complexity index is 472. The summed E-state index contributed by atoms with van der Waals surface area (Å²) in [6, 6.07) is 0. The molecule has 2 saturated heterocycles. The summed E-state index contributed by atoms with van der Waals surface area (Å²) in [5, 5.41) is 13.8. The molecule has 0 spiro atoms. The van der Waals surface area contributed by atoms with E-state index in [9.17, 15) is 9.90 Å². The third-order valence-electron chi connectivity index (χ3n) is 5.24. The molecule has 0 saturated carbocycles. The minimum atomic E-state index is -0.824. The monoisotopic (exact) mass is 263 g/mol. The summed E-state index contributed by atoms with van der Waals surface area (Å²) in [6.07, 6.45) is 6.56. The molecule has 104 valence electrons. The van der Waals surface area contributed by atoms with Crippen LogP contribution in [0.15, 0.2) is 24.5 Å². The summed E-state index contributed by atoms with van der Waals surface area (Å²) >= 11 is 0. The summed E-state index contributed by atoms with van der Waals surface area (Å²) < 4.78 is 5.69. The van der Waals surface area contributed by atoms with Gasteiger partial charge >= 0.3 is 0 Å². The molecule has 4 heteroatoms. The number of aliphatic hydroxyl groups excluding tert-OH is 1. The molecular formula is C15H21NO3. The number of carbonyl (C=O) groups is 1. The summed E-state index contributed by atoms with van der Waals surface area (Å²) in [4.78, 5) is 12.0. The van der Waals surface area contributed by atoms with Gasteiger partial charge in [0.15, 0.2) is 5.54 Å². The molecule has 5 atom stereocenters. The first kappa shape index (κ1) is 12.7. The van der Waals surface area contributed by atoms with Crippen molar-refractivity contribution < 1.29 is 14.6 Å². The number of carbonyl (C=O) groups excluding carboxylic acids is 1. The quantitative estimate of drug-likeness (QED) is 0.742. The van der Waals surface area contributed by atoms with E-state index in [1.54, 1.807) is 0 Å². The molecule has 0 bridgehead atoms. The predicted molar refractivity (Wildman–Crippen MR) is 71.2 cm³/mol. The van der Waals surface area contributed by atoms with Crippen molar-refractivity contribution in [3.8, 4) is 0 Å². The summed E-state index contributed by atoms with van der Waals surface area (Å²) in [5.41, 5.74) is -1.51. The highest BCUT2D eigenvalue weighted by molar-refractivity contribution is 5.86. The molecule has 3 aliphatic rings. The number of nitrogens with one attached hydrogen (secondary N) is 1. The Kier molecular flexibility index (Phi) is 2.58. The Morgan fingerprint density at radius 3 is 2.89 bits per heavy atom. The maximum Gasteiger partial charge on any atom is 0.227 e. The Hall–Kier alpha value is -1.29. The van der Waals surface area contributed by atoms with Gasteiger partial charge in [-0.3, -0.25) is 4.79 Å². The first-order valence-electron chi connectivity index (χ1n) is 6.98. The SMILES string of the molecule is C=C1O[C@@]2(C)[C@H](C)C(=O)N[C@@]12[C@@H](O)[C@@H]1C=CCCC1. The van der Waals surface area contributed by atoms with Crippen LogP contribution in [-0.4, -0.2) is 28.3 Å². The third kappa shape index (κ3) is 1.35. The molecule has 0 radical (unpaired) electrons. The van der Waals surface area contributed by atoms with E-state index in [4.69, 9.17) is 4.74 Å². The smallest absolute Gasteiger partial charge is 0.227 e. The van der Waals surface area contributed by atoms with Crippen molar-refractivity contribution in [3.63, 3.8) is 0 Å². The number of hydrogen-bond acceptors (Lipinski definition) is 3. The van der Waals surface area contributed by atoms with Gasteiger partial charge in [-0.05, 0) is 33.1 Å². The van der Waals surface area contributed by atoms with Crippen LogP contribution in [0.4, 0.5) is 0 Å². The molecule has 0 aromatic heterocycles.